The third-order valence-electron chi connectivity index (χ3n) is 5.24. The van der Waals surface area contributed by atoms with Crippen LogP contribution in [0.25, 0.3) is 10.9 Å². The normalized spacial score (nSPS) is 10.9. The molecule has 5 heteroatoms. The molecule has 0 aliphatic carbocycles. The lowest BCUT2D eigenvalue weighted by atomic mass is 10.1. The quantitative estimate of drug-likeness (QED) is 0.271. The highest BCUT2D eigenvalue weighted by molar-refractivity contribution is 5.93. The fourth-order valence-electron chi connectivity index (χ4n) is 3.67. The van der Waals surface area contributed by atoms with Gasteiger partial charge in [-0.15, -0.1) is 0 Å². The summed E-state index contributed by atoms with van der Waals surface area (Å²) in [5, 5.41) is 11.5. The Morgan fingerprint density at radius 2 is 1.74 bits per heavy atom. The summed E-state index contributed by atoms with van der Waals surface area (Å²) in [5.41, 5.74) is 0.293. The van der Waals surface area contributed by atoms with Crippen molar-refractivity contribution in [3.05, 3.63) is 71.5 Å². The SMILES string of the molecule is C=CCOc1cccc2c1c(O)c(Oc1ccccc1)c(=O)n2CCCCCCCC. The number of unbranched alkanes of at least 4 members (excludes halogenated alkanes) is 5. The van der Waals surface area contributed by atoms with Crippen LogP contribution in [0.2, 0.25) is 0 Å². The van der Waals surface area contributed by atoms with Gasteiger partial charge in [0.25, 0.3) is 5.56 Å². The number of rotatable bonds is 12. The molecule has 31 heavy (non-hydrogen) atoms. The van der Waals surface area contributed by atoms with Crippen LogP contribution in [0.1, 0.15) is 45.4 Å². The lowest BCUT2D eigenvalue weighted by molar-refractivity contribution is 0.363. The second kappa shape index (κ2) is 11.3. The third-order valence-corrected chi connectivity index (χ3v) is 5.24. The number of hydrogen-bond acceptors (Lipinski definition) is 4. The van der Waals surface area contributed by atoms with Gasteiger partial charge in [-0.1, -0.05) is 75.9 Å². The predicted molar refractivity (Wildman–Crippen MR) is 125 cm³/mol. The second-order valence-corrected chi connectivity index (χ2v) is 7.57. The van der Waals surface area contributed by atoms with Crippen molar-refractivity contribution in [3.8, 4) is 23.0 Å². The van der Waals surface area contributed by atoms with E-state index in [2.05, 4.69) is 13.5 Å². The Morgan fingerprint density at radius 1 is 1.00 bits per heavy atom. The van der Waals surface area contributed by atoms with Crippen molar-refractivity contribution in [1.29, 1.82) is 0 Å². The van der Waals surface area contributed by atoms with E-state index in [1.807, 2.05) is 30.3 Å². The van der Waals surface area contributed by atoms with Crippen molar-refractivity contribution in [3.63, 3.8) is 0 Å². The molecule has 0 amide bonds. The molecule has 0 unspecified atom stereocenters. The number of aryl methyl sites for hydroxylation is 1. The summed E-state index contributed by atoms with van der Waals surface area (Å²) in [6.45, 7) is 6.73. The minimum atomic E-state index is -0.344. The smallest absolute Gasteiger partial charge is 0.297 e. The van der Waals surface area contributed by atoms with Gasteiger partial charge in [0.05, 0.1) is 10.9 Å². The van der Waals surface area contributed by atoms with Crippen molar-refractivity contribution in [2.75, 3.05) is 6.61 Å². The number of para-hydroxylation sites is 1. The molecule has 0 fully saturated rings. The molecule has 0 saturated carbocycles. The van der Waals surface area contributed by atoms with Gasteiger partial charge in [0.2, 0.25) is 5.75 Å². The summed E-state index contributed by atoms with van der Waals surface area (Å²) in [6, 6.07) is 14.4. The molecule has 1 heterocycles. The average molecular weight is 422 g/mol. The zero-order valence-electron chi connectivity index (χ0n) is 18.2. The molecule has 5 nitrogen and oxygen atoms in total. The summed E-state index contributed by atoms with van der Waals surface area (Å²) >= 11 is 0. The Morgan fingerprint density at radius 3 is 2.48 bits per heavy atom. The second-order valence-electron chi connectivity index (χ2n) is 7.57. The van der Waals surface area contributed by atoms with E-state index in [0.29, 0.717) is 35.6 Å². The van der Waals surface area contributed by atoms with Crippen molar-refractivity contribution in [1.82, 2.24) is 4.57 Å². The van der Waals surface area contributed by atoms with Crippen LogP contribution in [0.3, 0.4) is 0 Å². The predicted octanol–water partition coefficient (Wildman–Crippen LogP) is 6.42. The average Bonchev–Trinajstić information content (AvgIpc) is 2.80. The Kier molecular flexibility index (Phi) is 8.16. The first-order valence-corrected chi connectivity index (χ1v) is 11.0. The standard InChI is InChI=1S/C26H31NO4/c1-3-5-6-7-8-12-18-27-21-16-13-17-22(30-19-4-2)23(21)24(28)25(26(27)29)31-20-14-10-9-11-15-20/h4,9-11,13-17,28H,2-3,5-8,12,18-19H2,1H3. The minimum Gasteiger partial charge on any atom is -0.504 e. The zero-order valence-corrected chi connectivity index (χ0v) is 18.2. The third kappa shape index (κ3) is 5.48. The fraction of sp³-hybridized carbons (Fsp3) is 0.346. The Bertz CT molecular complexity index is 1060. The maximum atomic E-state index is 13.3. The number of nitrogens with zero attached hydrogens (tertiary/aromatic N) is 1. The molecule has 164 valence electrons. The summed E-state index contributed by atoms with van der Waals surface area (Å²) in [7, 11) is 0. The molecule has 2 aromatic carbocycles. The number of aromatic hydroxyl groups is 1. The van der Waals surface area contributed by atoms with Crippen molar-refractivity contribution in [2.45, 2.75) is 52.0 Å². The van der Waals surface area contributed by atoms with Gasteiger partial charge in [-0.2, -0.15) is 0 Å². The zero-order chi connectivity index (χ0) is 22.1. The lowest BCUT2D eigenvalue weighted by Gasteiger charge is -2.17. The number of aromatic nitrogens is 1. The van der Waals surface area contributed by atoms with Gasteiger partial charge in [-0.3, -0.25) is 4.79 Å². The molecule has 3 aromatic rings. The van der Waals surface area contributed by atoms with Gasteiger partial charge in [0.1, 0.15) is 18.1 Å². The molecular weight excluding hydrogens is 390 g/mol. The van der Waals surface area contributed by atoms with Crippen LogP contribution < -0.4 is 15.0 Å². The van der Waals surface area contributed by atoms with Gasteiger partial charge in [-0.05, 0) is 30.7 Å². The van der Waals surface area contributed by atoms with Crippen molar-refractivity contribution >= 4 is 10.9 Å². The topological polar surface area (TPSA) is 60.7 Å². The molecule has 0 saturated heterocycles. The molecule has 1 N–H and O–H groups in total. The van der Waals surface area contributed by atoms with E-state index in [4.69, 9.17) is 9.47 Å². The molecule has 0 radical (unpaired) electrons. The van der Waals surface area contributed by atoms with Crippen LogP contribution >= 0.6 is 0 Å². The van der Waals surface area contributed by atoms with Crippen LogP contribution in [0.4, 0.5) is 0 Å². The van der Waals surface area contributed by atoms with E-state index in [9.17, 15) is 9.90 Å². The molecule has 0 spiro atoms. The molecular formula is C26H31NO4. The molecule has 0 bridgehead atoms. The summed E-state index contributed by atoms with van der Waals surface area (Å²) in [6.07, 6.45) is 8.38. The lowest BCUT2D eigenvalue weighted by Crippen LogP contribution is -2.22. The monoisotopic (exact) mass is 421 g/mol. The minimum absolute atomic E-state index is 0.0839. The van der Waals surface area contributed by atoms with E-state index in [0.717, 1.165) is 19.3 Å². The largest absolute Gasteiger partial charge is 0.504 e. The Balaban J connectivity index is 2.02. The van der Waals surface area contributed by atoms with Crippen LogP contribution in [-0.4, -0.2) is 16.3 Å². The highest BCUT2D eigenvalue weighted by atomic mass is 16.5. The first kappa shape index (κ1) is 22.5. The molecule has 0 aliphatic heterocycles. The number of hydrogen-bond donors (Lipinski definition) is 1. The first-order valence-electron chi connectivity index (χ1n) is 11.0. The van der Waals surface area contributed by atoms with Crippen LogP contribution in [0.5, 0.6) is 23.0 Å². The number of ether oxygens (including phenoxy) is 2. The van der Waals surface area contributed by atoms with E-state index < -0.39 is 0 Å². The summed E-state index contributed by atoms with van der Waals surface area (Å²) in [5.74, 6) is 0.691. The summed E-state index contributed by atoms with van der Waals surface area (Å²) in [4.78, 5) is 13.3. The van der Waals surface area contributed by atoms with E-state index in [-0.39, 0.29) is 17.1 Å². The van der Waals surface area contributed by atoms with E-state index >= 15 is 0 Å². The Labute approximate surface area is 183 Å². The maximum Gasteiger partial charge on any atom is 0.297 e. The Hall–Kier alpha value is -3.21. The van der Waals surface area contributed by atoms with E-state index in [1.165, 1.54) is 19.3 Å². The molecule has 0 aliphatic rings. The van der Waals surface area contributed by atoms with Gasteiger partial charge in [0, 0.05) is 6.54 Å². The number of pyridine rings is 1. The maximum absolute atomic E-state index is 13.3. The van der Waals surface area contributed by atoms with Gasteiger partial charge in [0.15, 0.2) is 5.75 Å². The highest BCUT2D eigenvalue weighted by Crippen LogP contribution is 2.39. The number of fused-ring (bicyclic) bond motifs is 1. The molecule has 3 rings (SSSR count). The van der Waals surface area contributed by atoms with Gasteiger partial charge >= 0.3 is 0 Å². The molecule has 0 atom stereocenters. The van der Waals surface area contributed by atoms with E-state index in [1.54, 1.807) is 28.8 Å². The van der Waals surface area contributed by atoms with Gasteiger partial charge in [-0.25, -0.2) is 0 Å². The van der Waals surface area contributed by atoms with Crippen molar-refractivity contribution < 1.29 is 14.6 Å². The van der Waals surface area contributed by atoms with Crippen LogP contribution in [-0.2, 0) is 6.54 Å². The fourth-order valence-corrected chi connectivity index (χ4v) is 3.67. The van der Waals surface area contributed by atoms with Crippen LogP contribution in [0.15, 0.2) is 66.0 Å². The van der Waals surface area contributed by atoms with Gasteiger partial charge < -0.3 is 19.1 Å². The van der Waals surface area contributed by atoms with Crippen LogP contribution in [0, 0.1) is 0 Å². The highest BCUT2D eigenvalue weighted by Gasteiger charge is 2.21. The molecule has 1 aromatic heterocycles. The summed E-state index contributed by atoms with van der Waals surface area (Å²) < 4.78 is 13.3. The van der Waals surface area contributed by atoms with Crippen molar-refractivity contribution in [2.24, 2.45) is 0 Å². The first-order chi connectivity index (χ1) is 15.2. The number of benzene rings is 2.